The Labute approximate surface area is 201 Å². The Morgan fingerprint density at radius 3 is 2.53 bits per heavy atom. The van der Waals surface area contributed by atoms with E-state index >= 15 is 0 Å². The molecule has 0 bridgehead atoms. The molecule has 4 aromatic rings. The number of nitrogens with zero attached hydrogens (tertiary/aromatic N) is 2. The van der Waals surface area contributed by atoms with Gasteiger partial charge in [0.25, 0.3) is 5.91 Å². The summed E-state index contributed by atoms with van der Waals surface area (Å²) in [7, 11) is -3.85. The number of carbonyl (C=O) groups excluding carboxylic acids is 1. The summed E-state index contributed by atoms with van der Waals surface area (Å²) in [5, 5.41) is 15.0. The van der Waals surface area contributed by atoms with Crippen molar-refractivity contribution in [3.8, 4) is 17.3 Å². The van der Waals surface area contributed by atoms with Crippen molar-refractivity contribution in [2.24, 2.45) is 0 Å². The van der Waals surface area contributed by atoms with E-state index in [0.29, 0.717) is 16.8 Å². The van der Waals surface area contributed by atoms with Gasteiger partial charge in [0.2, 0.25) is 10.0 Å². The van der Waals surface area contributed by atoms with Crippen LogP contribution in [0, 0.1) is 18.3 Å². The van der Waals surface area contributed by atoms with Gasteiger partial charge in [0.15, 0.2) is 0 Å². The van der Waals surface area contributed by atoms with Gasteiger partial charge in [0.05, 0.1) is 21.2 Å². The van der Waals surface area contributed by atoms with Crippen LogP contribution in [0.15, 0.2) is 83.1 Å². The lowest BCUT2D eigenvalue weighted by Gasteiger charge is -2.09. The molecule has 170 valence electrons. The maximum atomic E-state index is 12.7. The standard InChI is InChI=1S/C25H20N4O3S2/c1-17-28-23(16-33-17)20-6-4-7-22(13-20)29-25(30)19-11-9-18(10-12-19)15-27-34(31,32)24-8-3-2-5-21(24)14-26/h2-13,16,27H,15H2,1H3,(H,29,30). The van der Waals surface area contributed by atoms with Gasteiger partial charge >= 0.3 is 0 Å². The first kappa shape index (κ1) is 23.3. The summed E-state index contributed by atoms with van der Waals surface area (Å²) in [4.78, 5) is 17.1. The second-order valence-electron chi connectivity index (χ2n) is 7.42. The number of hydrogen-bond donors (Lipinski definition) is 2. The number of thiazole rings is 1. The largest absolute Gasteiger partial charge is 0.322 e. The Kier molecular flexibility index (Phi) is 6.84. The summed E-state index contributed by atoms with van der Waals surface area (Å²) in [5.74, 6) is -0.276. The first-order valence-electron chi connectivity index (χ1n) is 10.3. The zero-order valence-corrected chi connectivity index (χ0v) is 19.8. The van der Waals surface area contributed by atoms with E-state index in [9.17, 15) is 13.2 Å². The van der Waals surface area contributed by atoms with Crippen LogP contribution in [0.5, 0.6) is 0 Å². The minimum Gasteiger partial charge on any atom is -0.322 e. The number of hydrogen-bond acceptors (Lipinski definition) is 6. The Hall–Kier alpha value is -3.84. The fourth-order valence-corrected chi connectivity index (χ4v) is 5.07. The first-order valence-corrected chi connectivity index (χ1v) is 12.6. The molecule has 0 saturated carbocycles. The Morgan fingerprint density at radius 2 is 1.82 bits per heavy atom. The molecule has 0 saturated heterocycles. The molecule has 0 unspecified atom stereocenters. The summed E-state index contributed by atoms with van der Waals surface area (Å²) in [6, 6.07) is 22.0. The van der Waals surface area contributed by atoms with Crippen molar-refractivity contribution in [3.05, 3.63) is 99.9 Å². The van der Waals surface area contributed by atoms with E-state index in [1.54, 1.807) is 47.7 Å². The van der Waals surface area contributed by atoms with Crippen LogP contribution in [-0.4, -0.2) is 19.3 Å². The fraction of sp³-hybridized carbons (Fsp3) is 0.0800. The highest BCUT2D eigenvalue weighted by Crippen LogP contribution is 2.24. The molecular weight excluding hydrogens is 468 g/mol. The van der Waals surface area contributed by atoms with Crippen LogP contribution < -0.4 is 10.0 Å². The molecule has 7 nitrogen and oxygen atoms in total. The van der Waals surface area contributed by atoms with Crippen molar-refractivity contribution in [2.75, 3.05) is 5.32 Å². The van der Waals surface area contributed by atoms with Crippen molar-refractivity contribution in [2.45, 2.75) is 18.4 Å². The summed E-state index contributed by atoms with van der Waals surface area (Å²) in [6.45, 7) is 1.97. The minimum absolute atomic E-state index is 0.0269. The van der Waals surface area contributed by atoms with Crippen LogP contribution >= 0.6 is 11.3 Å². The van der Waals surface area contributed by atoms with Gasteiger partial charge in [-0.2, -0.15) is 5.26 Å². The number of anilines is 1. The van der Waals surface area contributed by atoms with Gasteiger partial charge in [-0.15, -0.1) is 11.3 Å². The summed E-state index contributed by atoms with van der Waals surface area (Å²) in [5.41, 5.74) is 3.63. The van der Waals surface area contributed by atoms with E-state index in [2.05, 4.69) is 15.0 Å². The van der Waals surface area contributed by atoms with Gasteiger partial charge < -0.3 is 5.32 Å². The molecule has 0 atom stereocenters. The van der Waals surface area contributed by atoms with E-state index in [4.69, 9.17) is 5.26 Å². The van der Waals surface area contributed by atoms with E-state index < -0.39 is 10.0 Å². The predicted molar refractivity (Wildman–Crippen MR) is 132 cm³/mol. The van der Waals surface area contributed by atoms with Gasteiger partial charge in [-0.1, -0.05) is 36.4 Å². The second kappa shape index (κ2) is 9.97. The summed E-state index contributed by atoms with van der Waals surface area (Å²) < 4.78 is 27.6. The van der Waals surface area contributed by atoms with E-state index in [1.807, 2.05) is 42.6 Å². The Balaban J connectivity index is 1.41. The molecule has 4 rings (SSSR count). The quantitative estimate of drug-likeness (QED) is 0.391. The first-order chi connectivity index (χ1) is 16.4. The molecule has 1 heterocycles. The second-order valence-corrected chi connectivity index (χ2v) is 10.2. The molecule has 34 heavy (non-hydrogen) atoms. The topological polar surface area (TPSA) is 112 Å². The molecule has 0 spiro atoms. The lowest BCUT2D eigenvalue weighted by Crippen LogP contribution is -2.24. The molecule has 1 amide bonds. The summed E-state index contributed by atoms with van der Waals surface area (Å²) in [6.07, 6.45) is 0. The van der Waals surface area contributed by atoms with Crippen molar-refractivity contribution in [1.82, 2.24) is 9.71 Å². The smallest absolute Gasteiger partial charge is 0.255 e. The van der Waals surface area contributed by atoms with Crippen molar-refractivity contribution >= 4 is 33.0 Å². The zero-order chi connectivity index (χ0) is 24.1. The Morgan fingerprint density at radius 1 is 1.06 bits per heavy atom. The average molecular weight is 489 g/mol. The SMILES string of the molecule is Cc1nc(-c2cccc(NC(=O)c3ccc(CNS(=O)(=O)c4ccccc4C#N)cc3)c2)cs1. The molecular formula is C25H20N4O3S2. The number of amides is 1. The molecule has 0 fully saturated rings. The van der Waals surface area contributed by atoms with E-state index in [-0.39, 0.29) is 22.9 Å². The van der Waals surface area contributed by atoms with Crippen LogP contribution in [0.1, 0.15) is 26.5 Å². The number of benzene rings is 3. The van der Waals surface area contributed by atoms with Gasteiger partial charge in [-0.25, -0.2) is 18.1 Å². The highest BCUT2D eigenvalue weighted by Gasteiger charge is 2.18. The molecule has 9 heteroatoms. The third-order valence-corrected chi connectivity index (χ3v) is 7.25. The lowest BCUT2D eigenvalue weighted by atomic mass is 10.1. The number of carbonyl (C=O) groups is 1. The number of sulfonamides is 1. The number of aromatic nitrogens is 1. The van der Waals surface area contributed by atoms with Gasteiger partial charge in [-0.05, 0) is 48.9 Å². The molecule has 1 aromatic heterocycles. The van der Waals surface area contributed by atoms with Crippen LogP contribution in [-0.2, 0) is 16.6 Å². The van der Waals surface area contributed by atoms with Crippen LogP contribution in [0.25, 0.3) is 11.3 Å². The molecule has 0 aliphatic rings. The number of rotatable bonds is 7. The molecule has 0 radical (unpaired) electrons. The molecule has 0 aliphatic heterocycles. The van der Waals surface area contributed by atoms with Crippen molar-refractivity contribution in [1.29, 1.82) is 5.26 Å². The van der Waals surface area contributed by atoms with Crippen LogP contribution in [0.2, 0.25) is 0 Å². The van der Waals surface area contributed by atoms with Crippen molar-refractivity contribution < 1.29 is 13.2 Å². The van der Waals surface area contributed by atoms with Gasteiger partial charge in [0, 0.05) is 28.7 Å². The zero-order valence-electron chi connectivity index (χ0n) is 18.1. The maximum absolute atomic E-state index is 12.7. The maximum Gasteiger partial charge on any atom is 0.255 e. The number of aryl methyl sites for hydroxylation is 1. The van der Waals surface area contributed by atoms with Crippen LogP contribution in [0.4, 0.5) is 5.69 Å². The third kappa shape index (κ3) is 5.38. The third-order valence-electron chi connectivity index (χ3n) is 5.01. The molecule has 2 N–H and O–H groups in total. The van der Waals surface area contributed by atoms with E-state index in [0.717, 1.165) is 16.3 Å². The van der Waals surface area contributed by atoms with Gasteiger partial charge in [-0.3, -0.25) is 4.79 Å². The monoisotopic (exact) mass is 488 g/mol. The highest BCUT2D eigenvalue weighted by molar-refractivity contribution is 7.89. The fourth-order valence-electron chi connectivity index (χ4n) is 3.28. The van der Waals surface area contributed by atoms with Crippen LogP contribution in [0.3, 0.4) is 0 Å². The molecule has 3 aromatic carbocycles. The number of nitriles is 1. The predicted octanol–water partition coefficient (Wildman–Crippen LogP) is 4.72. The minimum atomic E-state index is -3.85. The normalized spacial score (nSPS) is 11.1. The van der Waals surface area contributed by atoms with Crippen molar-refractivity contribution in [3.63, 3.8) is 0 Å². The van der Waals surface area contributed by atoms with E-state index in [1.165, 1.54) is 12.1 Å². The molecule has 0 aliphatic carbocycles. The average Bonchev–Trinajstić information content (AvgIpc) is 3.29. The highest BCUT2D eigenvalue weighted by atomic mass is 32.2. The Bertz CT molecular complexity index is 1490. The van der Waals surface area contributed by atoms with Gasteiger partial charge in [0.1, 0.15) is 6.07 Å². The lowest BCUT2D eigenvalue weighted by molar-refractivity contribution is 0.102. The number of nitrogens with one attached hydrogen (secondary N) is 2. The summed E-state index contributed by atoms with van der Waals surface area (Å²) >= 11 is 1.57.